The van der Waals surface area contributed by atoms with Gasteiger partial charge in [-0.3, -0.25) is 9.59 Å². The lowest BCUT2D eigenvalue weighted by molar-refractivity contribution is -0.129. The molecule has 1 unspecified atom stereocenters. The molecule has 27 heavy (non-hydrogen) atoms. The number of hydrogen-bond acceptors (Lipinski definition) is 4. The number of nitrogens with zero attached hydrogens (tertiary/aromatic N) is 1. The van der Waals surface area contributed by atoms with E-state index in [1.807, 2.05) is 55.5 Å². The zero-order valence-corrected chi connectivity index (χ0v) is 14.9. The molecule has 1 aromatic heterocycles. The molecule has 2 aromatic carbocycles. The van der Waals surface area contributed by atoms with Crippen LogP contribution >= 0.6 is 0 Å². The van der Waals surface area contributed by atoms with Crippen molar-refractivity contribution in [2.75, 3.05) is 6.54 Å². The van der Waals surface area contributed by atoms with Crippen LogP contribution in [0.4, 0.5) is 0 Å². The fraction of sp³-hybridized carbons (Fsp3) is 0.182. The van der Waals surface area contributed by atoms with Gasteiger partial charge in [-0.1, -0.05) is 55.5 Å². The van der Waals surface area contributed by atoms with Crippen LogP contribution in [0.2, 0.25) is 0 Å². The van der Waals surface area contributed by atoms with Crippen molar-refractivity contribution in [3.63, 3.8) is 0 Å². The van der Waals surface area contributed by atoms with Crippen LogP contribution in [-0.4, -0.2) is 28.2 Å². The first kappa shape index (κ1) is 17.1. The Morgan fingerprint density at radius 1 is 1.11 bits per heavy atom. The van der Waals surface area contributed by atoms with Gasteiger partial charge in [0, 0.05) is 11.9 Å². The Kier molecular flexibility index (Phi) is 4.28. The Morgan fingerprint density at radius 2 is 1.81 bits per heavy atom. The molecule has 4 rings (SSSR count). The maximum Gasteiger partial charge on any atom is 0.290 e. The number of hydrogen-bond donors (Lipinski definition) is 1. The number of carbonyl (C=O) groups is 2. The second kappa shape index (κ2) is 6.76. The molecule has 1 aliphatic rings. The van der Waals surface area contributed by atoms with Gasteiger partial charge in [-0.05, 0) is 24.1 Å². The van der Waals surface area contributed by atoms with Crippen molar-refractivity contribution in [2.24, 2.45) is 0 Å². The summed E-state index contributed by atoms with van der Waals surface area (Å²) in [6.45, 7) is 2.39. The highest BCUT2D eigenvalue weighted by Gasteiger charge is 2.44. The summed E-state index contributed by atoms with van der Waals surface area (Å²) >= 11 is 0. The van der Waals surface area contributed by atoms with Crippen LogP contribution in [0.15, 0.2) is 76.4 Å². The number of fused-ring (bicyclic) bond motifs is 1. The molecule has 0 aliphatic carbocycles. The molecular weight excluding hydrogens is 342 g/mol. The Morgan fingerprint density at radius 3 is 2.52 bits per heavy atom. The van der Waals surface area contributed by atoms with Crippen molar-refractivity contribution in [3.05, 3.63) is 83.3 Å². The molecule has 0 saturated carbocycles. The van der Waals surface area contributed by atoms with Crippen molar-refractivity contribution in [3.8, 4) is 0 Å². The average molecular weight is 361 g/mol. The molecule has 0 bridgehead atoms. The van der Waals surface area contributed by atoms with E-state index in [0.29, 0.717) is 18.5 Å². The molecule has 1 N–H and O–H groups in total. The molecular formula is C22H19NO4. The minimum Gasteiger partial charge on any atom is -0.503 e. The van der Waals surface area contributed by atoms with E-state index < -0.39 is 23.5 Å². The van der Waals surface area contributed by atoms with Gasteiger partial charge >= 0.3 is 0 Å². The van der Waals surface area contributed by atoms with Crippen LogP contribution in [-0.2, 0) is 4.79 Å². The van der Waals surface area contributed by atoms with Crippen molar-refractivity contribution in [1.29, 1.82) is 0 Å². The van der Waals surface area contributed by atoms with Gasteiger partial charge in [0.15, 0.2) is 11.5 Å². The number of aliphatic hydroxyl groups excluding tert-OH is 1. The van der Waals surface area contributed by atoms with Crippen molar-refractivity contribution >= 4 is 22.7 Å². The van der Waals surface area contributed by atoms with Crippen LogP contribution in [0.25, 0.3) is 11.0 Å². The Hall–Kier alpha value is -3.34. The molecule has 1 amide bonds. The zero-order chi connectivity index (χ0) is 19.0. The van der Waals surface area contributed by atoms with Crippen molar-refractivity contribution in [2.45, 2.75) is 19.4 Å². The summed E-state index contributed by atoms with van der Waals surface area (Å²) in [7, 11) is 0. The third kappa shape index (κ3) is 2.81. The minimum absolute atomic E-state index is 0.0682. The SMILES string of the molecule is CCCN1C(=O)C(O)=C(C(=O)c2cc3ccccc3o2)C1c1ccccc1. The standard InChI is InChI=1S/C22H19NO4/c1-2-12-23-19(14-8-4-3-5-9-14)18(21(25)22(23)26)20(24)17-13-15-10-6-7-11-16(15)27-17/h3-11,13,19,25H,2,12H2,1H3. The van der Waals surface area contributed by atoms with Crippen LogP contribution < -0.4 is 0 Å². The van der Waals surface area contributed by atoms with Crippen molar-refractivity contribution in [1.82, 2.24) is 4.90 Å². The summed E-state index contributed by atoms with van der Waals surface area (Å²) < 4.78 is 5.68. The molecule has 0 spiro atoms. The van der Waals surface area contributed by atoms with Gasteiger partial charge in [-0.25, -0.2) is 0 Å². The van der Waals surface area contributed by atoms with Gasteiger partial charge < -0.3 is 14.4 Å². The topological polar surface area (TPSA) is 70.8 Å². The van der Waals surface area contributed by atoms with E-state index in [0.717, 1.165) is 10.9 Å². The maximum atomic E-state index is 13.2. The largest absolute Gasteiger partial charge is 0.503 e. The van der Waals surface area contributed by atoms with Gasteiger partial charge in [-0.2, -0.15) is 0 Å². The predicted octanol–water partition coefficient (Wildman–Crippen LogP) is 4.42. The molecule has 1 atom stereocenters. The Bertz CT molecular complexity index is 1020. The van der Waals surface area contributed by atoms with E-state index in [1.165, 1.54) is 0 Å². The number of rotatable bonds is 5. The summed E-state index contributed by atoms with van der Waals surface area (Å²) in [6, 6.07) is 17.6. The number of carbonyl (C=O) groups excluding carboxylic acids is 2. The highest BCUT2D eigenvalue weighted by atomic mass is 16.3. The first-order valence-electron chi connectivity index (χ1n) is 8.94. The number of furan rings is 1. The monoisotopic (exact) mass is 361 g/mol. The molecule has 1 aliphatic heterocycles. The lowest BCUT2D eigenvalue weighted by Gasteiger charge is -2.26. The van der Waals surface area contributed by atoms with Crippen LogP contribution in [0.5, 0.6) is 0 Å². The first-order valence-corrected chi connectivity index (χ1v) is 8.94. The Labute approximate surface area is 156 Å². The quantitative estimate of drug-likeness (QED) is 0.683. The molecule has 5 nitrogen and oxygen atoms in total. The van der Waals surface area contributed by atoms with Crippen LogP contribution in [0.1, 0.15) is 35.5 Å². The number of para-hydroxylation sites is 1. The number of benzene rings is 2. The molecule has 3 aromatic rings. The number of ketones is 1. The fourth-order valence-electron chi connectivity index (χ4n) is 3.57. The summed E-state index contributed by atoms with van der Waals surface area (Å²) in [5.74, 6) is -1.37. The highest BCUT2D eigenvalue weighted by molar-refractivity contribution is 6.16. The van der Waals surface area contributed by atoms with Gasteiger partial charge in [0.25, 0.3) is 5.91 Å². The molecule has 0 saturated heterocycles. The van der Waals surface area contributed by atoms with Crippen molar-refractivity contribution < 1.29 is 19.1 Å². The number of aliphatic hydroxyl groups is 1. The summed E-state index contributed by atoms with van der Waals surface area (Å²) in [4.78, 5) is 27.4. The number of amides is 1. The molecule has 136 valence electrons. The fourth-order valence-corrected chi connectivity index (χ4v) is 3.57. The van der Waals surface area contributed by atoms with Gasteiger partial charge in [-0.15, -0.1) is 0 Å². The maximum absolute atomic E-state index is 13.2. The summed E-state index contributed by atoms with van der Waals surface area (Å²) in [5, 5.41) is 11.3. The average Bonchev–Trinajstić information content (AvgIpc) is 3.23. The summed E-state index contributed by atoms with van der Waals surface area (Å²) in [6.07, 6.45) is 0.717. The summed E-state index contributed by atoms with van der Waals surface area (Å²) in [5.41, 5.74) is 1.44. The second-order valence-electron chi connectivity index (χ2n) is 6.55. The smallest absolute Gasteiger partial charge is 0.290 e. The van der Waals surface area contributed by atoms with E-state index in [9.17, 15) is 14.7 Å². The lowest BCUT2D eigenvalue weighted by Crippen LogP contribution is -2.31. The highest BCUT2D eigenvalue weighted by Crippen LogP contribution is 2.39. The van der Waals surface area contributed by atoms with Gasteiger partial charge in [0.1, 0.15) is 5.58 Å². The van der Waals surface area contributed by atoms with E-state index in [2.05, 4.69) is 0 Å². The van der Waals surface area contributed by atoms with E-state index in [4.69, 9.17) is 4.42 Å². The lowest BCUT2D eigenvalue weighted by atomic mass is 9.95. The third-order valence-electron chi connectivity index (χ3n) is 4.78. The van der Waals surface area contributed by atoms with E-state index in [-0.39, 0.29) is 11.3 Å². The van der Waals surface area contributed by atoms with Gasteiger partial charge in [0.05, 0.1) is 11.6 Å². The normalized spacial score (nSPS) is 17.1. The van der Waals surface area contributed by atoms with Crippen LogP contribution in [0.3, 0.4) is 0 Å². The molecule has 0 radical (unpaired) electrons. The molecule has 2 heterocycles. The third-order valence-corrected chi connectivity index (χ3v) is 4.78. The minimum atomic E-state index is -0.626. The predicted molar refractivity (Wildman–Crippen MR) is 101 cm³/mol. The molecule has 5 heteroatoms. The van der Waals surface area contributed by atoms with Gasteiger partial charge in [0.2, 0.25) is 5.78 Å². The molecule has 0 fully saturated rings. The van der Waals surface area contributed by atoms with E-state index in [1.54, 1.807) is 17.0 Å². The van der Waals surface area contributed by atoms with Crippen LogP contribution in [0, 0.1) is 0 Å². The Balaban J connectivity index is 1.82. The second-order valence-corrected chi connectivity index (χ2v) is 6.55. The van der Waals surface area contributed by atoms with E-state index >= 15 is 0 Å². The zero-order valence-electron chi connectivity index (χ0n) is 14.9. The number of Topliss-reactive ketones (excluding diaryl/α,β-unsaturated/α-hetero) is 1. The first-order chi connectivity index (χ1) is 13.1.